The van der Waals surface area contributed by atoms with Crippen molar-refractivity contribution in [3.05, 3.63) is 29.8 Å². The lowest BCUT2D eigenvalue weighted by Crippen LogP contribution is -2.39. The summed E-state index contributed by atoms with van der Waals surface area (Å²) in [6.45, 7) is 5.15. The highest BCUT2D eigenvalue weighted by Gasteiger charge is 2.28. The quantitative estimate of drug-likeness (QED) is 0.898. The normalized spacial score (nSPS) is 27.0. The van der Waals surface area contributed by atoms with Crippen LogP contribution in [0.2, 0.25) is 0 Å². The number of nitrogens with one attached hydrogen (secondary N) is 1. The van der Waals surface area contributed by atoms with Crippen molar-refractivity contribution in [3.63, 3.8) is 0 Å². The number of fused-ring (bicyclic) bond motifs is 1. The lowest BCUT2D eigenvalue weighted by Gasteiger charge is -2.33. The fourth-order valence-electron chi connectivity index (χ4n) is 3.69. The van der Waals surface area contributed by atoms with Gasteiger partial charge >= 0.3 is 0 Å². The smallest absolute Gasteiger partial charge is 0.0108 e. The summed E-state index contributed by atoms with van der Waals surface area (Å²) in [7, 11) is 0. The fourth-order valence-corrected chi connectivity index (χ4v) is 4.93. The Labute approximate surface area is 132 Å². The van der Waals surface area contributed by atoms with Gasteiger partial charge in [0, 0.05) is 29.2 Å². The lowest BCUT2D eigenvalue weighted by molar-refractivity contribution is 0.176. The van der Waals surface area contributed by atoms with Gasteiger partial charge in [-0.1, -0.05) is 18.2 Å². The van der Waals surface area contributed by atoms with Crippen LogP contribution >= 0.6 is 11.8 Å². The first-order valence-electron chi connectivity index (χ1n) is 8.56. The SMILES string of the molecule is c1ccc2c(c1)SCC2CN1CCC(CNC2CC2)CC1. The summed E-state index contributed by atoms with van der Waals surface area (Å²) in [5.41, 5.74) is 1.60. The molecule has 1 unspecified atom stereocenters. The highest BCUT2D eigenvalue weighted by Crippen LogP contribution is 2.39. The first-order valence-corrected chi connectivity index (χ1v) is 9.54. The van der Waals surface area contributed by atoms with Gasteiger partial charge in [0.15, 0.2) is 0 Å². The van der Waals surface area contributed by atoms with E-state index in [9.17, 15) is 0 Å². The number of thioether (sulfide) groups is 1. The van der Waals surface area contributed by atoms with E-state index in [0.29, 0.717) is 0 Å². The molecule has 2 fully saturated rings. The van der Waals surface area contributed by atoms with Crippen LogP contribution in [0.5, 0.6) is 0 Å². The van der Waals surface area contributed by atoms with Crippen molar-refractivity contribution in [1.29, 1.82) is 0 Å². The van der Waals surface area contributed by atoms with Crippen molar-refractivity contribution in [1.82, 2.24) is 10.2 Å². The second-order valence-electron chi connectivity index (χ2n) is 6.97. The molecule has 2 nitrogen and oxygen atoms in total. The molecule has 3 heteroatoms. The number of hydrogen-bond donors (Lipinski definition) is 1. The number of hydrogen-bond acceptors (Lipinski definition) is 3. The molecule has 1 aliphatic carbocycles. The number of likely N-dealkylation sites (tertiary alicyclic amines) is 1. The minimum Gasteiger partial charge on any atom is -0.314 e. The molecule has 1 N–H and O–H groups in total. The molecule has 1 saturated heterocycles. The molecule has 1 saturated carbocycles. The Hall–Kier alpha value is -0.510. The van der Waals surface area contributed by atoms with Crippen LogP contribution < -0.4 is 5.32 Å². The molecular weight excluding hydrogens is 276 g/mol. The van der Waals surface area contributed by atoms with Crippen molar-refractivity contribution >= 4 is 11.8 Å². The van der Waals surface area contributed by atoms with Crippen LogP contribution in [-0.2, 0) is 0 Å². The monoisotopic (exact) mass is 302 g/mol. The summed E-state index contributed by atoms with van der Waals surface area (Å²) >= 11 is 2.05. The van der Waals surface area contributed by atoms with E-state index in [-0.39, 0.29) is 0 Å². The van der Waals surface area contributed by atoms with Gasteiger partial charge in [-0.2, -0.15) is 0 Å². The van der Waals surface area contributed by atoms with Crippen LogP contribution in [0.3, 0.4) is 0 Å². The standard InChI is InChI=1S/C18H26N2S/c1-2-4-18-17(3-1)15(13-21-18)12-20-9-7-14(8-10-20)11-19-16-5-6-16/h1-4,14-16,19H,5-13H2. The molecule has 21 heavy (non-hydrogen) atoms. The van der Waals surface area contributed by atoms with E-state index in [1.165, 1.54) is 62.5 Å². The van der Waals surface area contributed by atoms with E-state index >= 15 is 0 Å². The van der Waals surface area contributed by atoms with Crippen LogP contribution in [-0.4, -0.2) is 42.9 Å². The highest BCUT2D eigenvalue weighted by molar-refractivity contribution is 7.99. The molecule has 0 spiro atoms. The maximum Gasteiger partial charge on any atom is 0.0108 e. The van der Waals surface area contributed by atoms with Gasteiger partial charge in [0.25, 0.3) is 0 Å². The van der Waals surface area contributed by atoms with E-state index in [1.54, 1.807) is 5.56 Å². The topological polar surface area (TPSA) is 15.3 Å². The molecule has 1 aromatic rings. The lowest BCUT2D eigenvalue weighted by atomic mass is 9.94. The zero-order valence-electron chi connectivity index (χ0n) is 12.8. The van der Waals surface area contributed by atoms with E-state index < -0.39 is 0 Å². The van der Waals surface area contributed by atoms with Crippen molar-refractivity contribution < 1.29 is 0 Å². The molecule has 1 aromatic carbocycles. The zero-order valence-corrected chi connectivity index (χ0v) is 13.6. The number of piperidine rings is 1. The third kappa shape index (κ3) is 3.46. The van der Waals surface area contributed by atoms with Gasteiger partial charge < -0.3 is 10.2 Å². The Morgan fingerprint density at radius 2 is 1.90 bits per heavy atom. The molecule has 1 atom stereocenters. The molecule has 0 bridgehead atoms. The molecule has 2 heterocycles. The van der Waals surface area contributed by atoms with Gasteiger partial charge in [-0.05, 0) is 62.9 Å². The number of nitrogens with zero attached hydrogens (tertiary/aromatic N) is 1. The van der Waals surface area contributed by atoms with Gasteiger partial charge in [-0.25, -0.2) is 0 Å². The Morgan fingerprint density at radius 3 is 2.71 bits per heavy atom. The average Bonchev–Trinajstić information content (AvgIpc) is 3.28. The first-order chi connectivity index (χ1) is 10.4. The first kappa shape index (κ1) is 14.1. The Morgan fingerprint density at radius 1 is 1.10 bits per heavy atom. The van der Waals surface area contributed by atoms with Gasteiger partial charge in [-0.15, -0.1) is 11.8 Å². The highest BCUT2D eigenvalue weighted by atomic mass is 32.2. The summed E-state index contributed by atoms with van der Waals surface area (Å²) in [6.07, 6.45) is 5.61. The summed E-state index contributed by atoms with van der Waals surface area (Å²) in [6, 6.07) is 9.87. The minimum absolute atomic E-state index is 0.757. The minimum atomic E-state index is 0.757. The maximum absolute atomic E-state index is 3.71. The molecule has 0 radical (unpaired) electrons. The van der Waals surface area contributed by atoms with Crippen LogP contribution in [0.1, 0.15) is 37.2 Å². The van der Waals surface area contributed by atoms with E-state index in [2.05, 4.69) is 34.5 Å². The molecule has 3 aliphatic rings. The maximum atomic E-state index is 3.71. The van der Waals surface area contributed by atoms with Gasteiger partial charge in [0.05, 0.1) is 0 Å². The third-order valence-electron chi connectivity index (χ3n) is 5.26. The third-order valence-corrected chi connectivity index (χ3v) is 6.51. The summed E-state index contributed by atoms with van der Waals surface area (Å²) in [4.78, 5) is 4.23. The van der Waals surface area contributed by atoms with Crippen LogP contribution in [0.15, 0.2) is 29.2 Å². The molecule has 114 valence electrons. The van der Waals surface area contributed by atoms with Crippen molar-refractivity contribution in [2.45, 2.75) is 42.5 Å². The Bertz CT molecular complexity index is 478. The van der Waals surface area contributed by atoms with E-state index in [1.807, 2.05) is 11.8 Å². The zero-order chi connectivity index (χ0) is 14.1. The summed E-state index contributed by atoms with van der Waals surface area (Å²) in [5, 5.41) is 3.71. The summed E-state index contributed by atoms with van der Waals surface area (Å²) < 4.78 is 0. The largest absolute Gasteiger partial charge is 0.314 e. The summed E-state index contributed by atoms with van der Waals surface area (Å²) in [5.74, 6) is 2.96. The predicted octanol–water partition coefficient (Wildman–Crippen LogP) is 3.34. The second kappa shape index (κ2) is 6.31. The van der Waals surface area contributed by atoms with E-state index in [4.69, 9.17) is 0 Å². The molecule has 0 amide bonds. The van der Waals surface area contributed by atoms with Gasteiger partial charge in [0.2, 0.25) is 0 Å². The fraction of sp³-hybridized carbons (Fsp3) is 0.667. The Balaban J connectivity index is 1.25. The Kier molecular flexibility index (Phi) is 4.24. The molecular formula is C18H26N2S. The van der Waals surface area contributed by atoms with Crippen molar-refractivity contribution in [2.24, 2.45) is 5.92 Å². The molecule has 0 aromatic heterocycles. The van der Waals surface area contributed by atoms with E-state index in [0.717, 1.165) is 17.9 Å². The molecule has 4 rings (SSSR count). The van der Waals surface area contributed by atoms with Crippen LogP contribution in [0.4, 0.5) is 0 Å². The van der Waals surface area contributed by atoms with Crippen molar-refractivity contribution in [3.8, 4) is 0 Å². The number of rotatable bonds is 5. The van der Waals surface area contributed by atoms with Crippen molar-refractivity contribution in [2.75, 3.05) is 31.9 Å². The predicted molar refractivity (Wildman–Crippen MR) is 90.1 cm³/mol. The van der Waals surface area contributed by atoms with Gasteiger partial charge in [-0.3, -0.25) is 0 Å². The van der Waals surface area contributed by atoms with Crippen LogP contribution in [0.25, 0.3) is 0 Å². The van der Waals surface area contributed by atoms with Gasteiger partial charge in [0.1, 0.15) is 0 Å². The average molecular weight is 302 g/mol. The number of benzene rings is 1. The molecule has 2 aliphatic heterocycles. The second-order valence-corrected chi connectivity index (χ2v) is 8.03. The van der Waals surface area contributed by atoms with Crippen LogP contribution in [0, 0.1) is 5.92 Å².